The van der Waals surface area contributed by atoms with E-state index in [4.69, 9.17) is 0 Å². The van der Waals surface area contributed by atoms with Crippen molar-refractivity contribution in [2.75, 3.05) is 0 Å². The molecule has 0 saturated carbocycles. The van der Waals surface area contributed by atoms with Crippen LogP contribution in [0.1, 0.15) is 0 Å². The first-order chi connectivity index (χ1) is 2.50. The van der Waals surface area contributed by atoms with Crippen molar-refractivity contribution in [1.29, 1.82) is 0 Å². The molecule has 0 saturated heterocycles. The first-order valence-corrected chi connectivity index (χ1v) is 1.21. The van der Waals surface area contributed by atoms with Crippen molar-refractivity contribution >= 4 is 0 Å². The van der Waals surface area contributed by atoms with Gasteiger partial charge in [-0.25, -0.2) is 4.63 Å². The van der Waals surface area contributed by atoms with E-state index in [2.05, 4.69) is 14.9 Å². The molecular weight excluding hydrogens is 124 g/mol. The summed E-state index contributed by atoms with van der Waals surface area (Å²) in [6.45, 7) is 0. The van der Waals surface area contributed by atoms with Crippen LogP contribution in [0, 0.1) is 0 Å². The summed E-state index contributed by atoms with van der Waals surface area (Å²) in [7, 11) is 0. The van der Waals surface area contributed by atoms with E-state index in [-0.39, 0.29) is 17.1 Å². The number of aromatic nitrogens is 2. The van der Waals surface area contributed by atoms with Gasteiger partial charge in [-0.2, -0.15) is 0 Å². The summed E-state index contributed by atoms with van der Waals surface area (Å²) in [5.74, 6) is 0. The number of hydrogen-bond acceptors (Lipinski definition) is 3. The smallest absolute Gasteiger partial charge is 0.0913 e. The van der Waals surface area contributed by atoms with Crippen LogP contribution < -0.4 is 0 Å². The average Bonchev–Trinajstić information content (AvgIpc) is 1.76. The molecular formula is C2H2FeN2O. The molecule has 0 aliphatic carbocycles. The summed E-state index contributed by atoms with van der Waals surface area (Å²) in [6.07, 6.45) is 2.94. The third-order valence-electron chi connectivity index (χ3n) is 0.283. The van der Waals surface area contributed by atoms with Crippen LogP contribution in [0.5, 0.6) is 0 Å². The third kappa shape index (κ3) is 1.19. The van der Waals surface area contributed by atoms with Gasteiger partial charge in [0.2, 0.25) is 0 Å². The van der Waals surface area contributed by atoms with Gasteiger partial charge in [0.25, 0.3) is 0 Å². The molecule has 3 nitrogen and oxygen atoms in total. The van der Waals surface area contributed by atoms with Gasteiger partial charge in [0.1, 0.15) is 0 Å². The van der Waals surface area contributed by atoms with Gasteiger partial charge >= 0.3 is 0 Å². The van der Waals surface area contributed by atoms with Crippen LogP contribution in [-0.4, -0.2) is 10.3 Å². The number of nitrogens with zero attached hydrogens (tertiary/aromatic N) is 2. The molecule has 1 heterocycles. The molecule has 0 aliphatic rings. The maximum atomic E-state index is 4.08. The molecule has 0 N–H and O–H groups in total. The Labute approximate surface area is 45.2 Å². The van der Waals surface area contributed by atoms with Gasteiger partial charge in [0, 0.05) is 17.1 Å². The van der Waals surface area contributed by atoms with Crippen molar-refractivity contribution in [1.82, 2.24) is 10.3 Å². The first kappa shape index (κ1) is 5.66. The van der Waals surface area contributed by atoms with E-state index < -0.39 is 0 Å². The molecule has 0 aromatic carbocycles. The standard InChI is InChI=1S/C2H2N2O.Fe/c1-2-4-5-3-1;/h1-2H;. The minimum atomic E-state index is 0. The van der Waals surface area contributed by atoms with E-state index >= 15 is 0 Å². The minimum absolute atomic E-state index is 0. The molecule has 34 valence electrons. The normalized spacial score (nSPS) is 6.67. The zero-order valence-electron chi connectivity index (χ0n) is 2.81. The van der Waals surface area contributed by atoms with Gasteiger partial charge in [-0.05, 0) is 0 Å². The molecule has 0 aliphatic heterocycles. The molecule has 0 bridgehead atoms. The van der Waals surface area contributed by atoms with E-state index in [0.29, 0.717) is 0 Å². The van der Waals surface area contributed by atoms with E-state index in [1.165, 1.54) is 12.4 Å². The van der Waals surface area contributed by atoms with E-state index in [1.54, 1.807) is 0 Å². The molecule has 0 atom stereocenters. The van der Waals surface area contributed by atoms with Gasteiger partial charge < -0.3 is 0 Å². The second-order valence-electron chi connectivity index (χ2n) is 0.591. The average molecular weight is 126 g/mol. The molecule has 6 heavy (non-hydrogen) atoms. The Balaban J connectivity index is 0.000000250. The Kier molecular flexibility index (Phi) is 2.71. The Morgan fingerprint density at radius 2 is 1.67 bits per heavy atom. The molecule has 1 rings (SSSR count). The quantitative estimate of drug-likeness (QED) is 0.461. The van der Waals surface area contributed by atoms with Crippen LogP contribution in [0.25, 0.3) is 0 Å². The second-order valence-corrected chi connectivity index (χ2v) is 0.591. The molecule has 1 aromatic rings. The molecule has 0 amide bonds. The molecule has 0 unspecified atom stereocenters. The van der Waals surface area contributed by atoms with Crippen LogP contribution in [0.2, 0.25) is 0 Å². The fourth-order valence-electron chi connectivity index (χ4n) is 0.136. The maximum Gasteiger partial charge on any atom is 0.0913 e. The summed E-state index contributed by atoms with van der Waals surface area (Å²) in [4.78, 5) is 0. The molecule has 0 fully saturated rings. The summed E-state index contributed by atoms with van der Waals surface area (Å²) < 4.78 is 4.08. The van der Waals surface area contributed by atoms with Crippen molar-refractivity contribution in [3.63, 3.8) is 0 Å². The van der Waals surface area contributed by atoms with Gasteiger partial charge in [-0.1, -0.05) is 10.3 Å². The van der Waals surface area contributed by atoms with Crippen LogP contribution in [0.3, 0.4) is 0 Å². The van der Waals surface area contributed by atoms with Gasteiger partial charge in [0.15, 0.2) is 0 Å². The monoisotopic (exact) mass is 126 g/mol. The van der Waals surface area contributed by atoms with Crippen molar-refractivity contribution in [3.05, 3.63) is 12.4 Å². The Morgan fingerprint density at radius 3 is 1.83 bits per heavy atom. The van der Waals surface area contributed by atoms with Crippen molar-refractivity contribution in [3.8, 4) is 0 Å². The SMILES string of the molecule is [Fe].c1cnon1. The van der Waals surface area contributed by atoms with E-state index in [9.17, 15) is 0 Å². The minimum Gasteiger partial charge on any atom is -0.245 e. The zero-order valence-corrected chi connectivity index (χ0v) is 3.92. The van der Waals surface area contributed by atoms with Crippen LogP contribution in [-0.2, 0) is 17.1 Å². The van der Waals surface area contributed by atoms with Crippen molar-refractivity contribution in [2.24, 2.45) is 0 Å². The predicted octanol–water partition coefficient (Wildman–Crippen LogP) is 0.0671. The Morgan fingerprint density at radius 1 is 1.17 bits per heavy atom. The summed E-state index contributed by atoms with van der Waals surface area (Å²) in [5.41, 5.74) is 0. The molecule has 0 radical (unpaired) electrons. The molecule has 0 spiro atoms. The molecule has 4 heteroatoms. The Bertz CT molecular complexity index is 68.0. The second kappa shape index (κ2) is 2.87. The van der Waals surface area contributed by atoms with Crippen LogP contribution in [0.4, 0.5) is 0 Å². The van der Waals surface area contributed by atoms with Gasteiger partial charge in [-0.3, -0.25) is 0 Å². The van der Waals surface area contributed by atoms with E-state index in [0.717, 1.165) is 0 Å². The summed E-state index contributed by atoms with van der Waals surface area (Å²) in [6, 6.07) is 0. The molecule has 1 aromatic heterocycles. The van der Waals surface area contributed by atoms with Crippen molar-refractivity contribution < 1.29 is 21.7 Å². The fourth-order valence-corrected chi connectivity index (χ4v) is 0.136. The largest absolute Gasteiger partial charge is 0.245 e. The van der Waals surface area contributed by atoms with Gasteiger partial charge in [0.05, 0.1) is 12.4 Å². The summed E-state index contributed by atoms with van der Waals surface area (Å²) in [5, 5.41) is 6.47. The zero-order chi connectivity index (χ0) is 3.54. The third-order valence-corrected chi connectivity index (χ3v) is 0.283. The van der Waals surface area contributed by atoms with Gasteiger partial charge in [-0.15, -0.1) is 0 Å². The number of hydrogen-bond donors (Lipinski definition) is 0. The van der Waals surface area contributed by atoms with E-state index in [1.807, 2.05) is 0 Å². The van der Waals surface area contributed by atoms with Crippen LogP contribution in [0.15, 0.2) is 17.0 Å². The summed E-state index contributed by atoms with van der Waals surface area (Å²) >= 11 is 0. The first-order valence-electron chi connectivity index (χ1n) is 1.21. The number of rotatable bonds is 0. The fraction of sp³-hybridized carbons (Fsp3) is 0. The van der Waals surface area contributed by atoms with Crippen molar-refractivity contribution in [2.45, 2.75) is 0 Å². The topological polar surface area (TPSA) is 38.9 Å². The predicted molar refractivity (Wildman–Crippen MR) is 14.3 cm³/mol. The maximum absolute atomic E-state index is 4.08. The van der Waals surface area contributed by atoms with Crippen LogP contribution >= 0.6 is 0 Å². The Hall–Kier alpha value is -0.341.